The fourth-order valence-electron chi connectivity index (χ4n) is 5.71. The smallest absolute Gasteiger partial charge is 0.188 e. The Labute approximate surface area is 191 Å². The van der Waals surface area contributed by atoms with Crippen molar-refractivity contribution in [1.82, 2.24) is 4.72 Å². The van der Waals surface area contributed by atoms with Crippen LogP contribution >= 0.6 is 11.6 Å². The predicted molar refractivity (Wildman–Crippen MR) is 120 cm³/mol. The van der Waals surface area contributed by atoms with Crippen molar-refractivity contribution < 1.29 is 26.1 Å². The minimum atomic E-state index is -4.19. The van der Waals surface area contributed by atoms with Crippen LogP contribution in [0.1, 0.15) is 24.8 Å². The minimum absolute atomic E-state index is 0.00779. The molecule has 2 aliphatic heterocycles. The summed E-state index contributed by atoms with van der Waals surface area (Å²) < 4.78 is 78.0. The lowest BCUT2D eigenvalue weighted by molar-refractivity contribution is 0.0544. The Kier molecular flexibility index (Phi) is 5.13. The van der Waals surface area contributed by atoms with E-state index >= 15 is 4.39 Å². The fraction of sp³-hybridized carbons (Fsp3) is 0.409. The molecule has 1 saturated carbocycles. The molecule has 0 bridgehead atoms. The Morgan fingerprint density at radius 2 is 1.81 bits per heavy atom. The van der Waals surface area contributed by atoms with E-state index in [4.69, 9.17) is 16.3 Å². The molecule has 1 N–H and O–H groups in total. The molecule has 10 heteroatoms. The second-order valence-electron chi connectivity index (χ2n) is 8.73. The van der Waals surface area contributed by atoms with Crippen molar-refractivity contribution in [2.75, 3.05) is 12.4 Å². The SMILES string of the molecule is C=S1(=O)CC[C@H]2C(CC[C@]3(S(=O)(=O)c4ccc(Cl)cc4)c4c(F)ccc(F)c4OC[C@H]23)N1. The fourth-order valence-corrected chi connectivity index (χ4v) is 9.85. The van der Waals surface area contributed by atoms with Crippen molar-refractivity contribution in [2.24, 2.45) is 11.8 Å². The third-order valence-electron chi connectivity index (χ3n) is 7.10. The number of nitrogens with one attached hydrogen (secondary N) is 1. The Morgan fingerprint density at radius 3 is 2.53 bits per heavy atom. The van der Waals surface area contributed by atoms with E-state index in [1.807, 2.05) is 0 Å². The molecule has 5 rings (SSSR count). The zero-order valence-electron chi connectivity index (χ0n) is 17.0. The van der Waals surface area contributed by atoms with E-state index in [9.17, 15) is 17.0 Å². The van der Waals surface area contributed by atoms with Gasteiger partial charge in [-0.05, 0) is 67.4 Å². The van der Waals surface area contributed by atoms with Crippen molar-refractivity contribution in [3.63, 3.8) is 0 Å². The molecule has 3 aliphatic rings. The summed E-state index contributed by atoms with van der Waals surface area (Å²) in [5, 5.41) is 0.369. The molecular weight excluding hydrogens is 480 g/mol. The first kappa shape index (κ1) is 22.1. The molecule has 172 valence electrons. The van der Waals surface area contributed by atoms with E-state index in [-0.39, 0.29) is 46.9 Å². The monoisotopic (exact) mass is 501 g/mol. The van der Waals surface area contributed by atoms with E-state index in [0.717, 1.165) is 12.1 Å². The third kappa shape index (κ3) is 3.12. The molecule has 2 aromatic rings. The maximum atomic E-state index is 15.3. The van der Waals surface area contributed by atoms with Gasteiger partial charge in [-0.2, -0.15) is 0 Å². The molecule has 0 spiro atoms. The molecule has 2 heterocycles. The van der Waals surface area contributed by atoms with Gasteiger partial charge in [0.25, 0.3) is 0 Å². The van der Waals surface area contributed by atoms with Crippen LogP contribution in [0.4, 0.5) is 8.78 Å². The number of benzene rings is 2. The quantitative estimate of drug-likeness (QED) is 0.637. The molecule has 2 unspecified atom stereocenters. The van der Waals surface area contributed by atoms with Crippen LogP contribution in [-0.4, -0.2) is 36.9 Å². The lowest BCUT2D eigenvalue weighted by atomic mass is 9.64. The van der Waals surface area contributed by atoms with E-state index in [0.29, 0.717) is 17.9 Å². The summed E-state index contributed by atoms with van der Waals surface area (Å²) in [5.41, 5.74) is -0.247. The summed E-state index contributed by atoms with van der Waals surface area (Å²) in [4.78, 5) is -0.00779. The van der Waals surface area contributed by atoms with Gasteiger partial charge in [0, 0.05) is 32.4 Å². The van der Waals surface area contributed by atoms with Crippen LogP contribution in [0, 0.1) is 23.5 Å². The van der Waals surface area contributed by atoms with Crippen LogP contribution in [-0.2, 0) is 24.3 Å². The lowest BCUT2D eigenvalue weighted by Crippen LogP contribution is -2.62. The Balaban J connectivity index is 1.76. The lowest BCUT2D eigenvalue weighted by Gasteiger charge is -2.54. The standard InChI is InChI=1S/C22H22ClF2NO4S2/c1-31(27)11-9-15-16-12-30-21-18(25)7-6-17(24)20(21)22(16,10-8-19(15)26-31)32(28,29)14-4-2-13(23)3-5-14/h2-7,15-16,19H,1,8-12H2,(H,26,27)/t15-,16-,19?,22-,31?/m1/s1. The van der Waals surface area contributed by atoms with Crippen LogP contribution in [0.15, 0.2) is 41.3 Å². The van der Waals surface area contributed by atoms with Gasteiger partial charge in [-0.15, -0.1) is 0 Å². The number of halogens is 3. The number of rotatable bonds is 2. The van der Waals surface area contributed by atoms with E-state index in [2.05, 4.69) is 10.6 Å². The van der Waals surface area contributed by atoms with Crippen LogP contribution in [0.2, 0.25) is 5.02 Å². The van der Waals surface area contributed by atoms with Gasteiger partial charge in [0.15, 0.2) is 21.4 Å². The van der Waals surface area contributed by atoms with Crippen molar-refractivity contribution in [2.45, 2.75) is 34.9 Å². The maximum absolute atomic E-state index is 15.3. The largest absolute Gasteiger partial charge is 0.490 e. The van der Waals surface area contributed by atoms with Gasteiger partial charge >= 0.3 is 0 Å². The zero-order chi connectivity index (χ0) is 22.9. The summed E-state index contributed by atoms with van der Waals surface area (Å²) in [6, 6.07) is 7.37. The predicted octanol–water partition coefficient (Wildman–Crippen LogP) is 3.70. The molecule has 2 fully saturated rings. The molecule has 32 heavy (non-hydrogen) atoms. The highest BCUT2D eigenvalue weighted by Gasteiger charge is 2.63. The topological polar surface area (TPSA) is 72.5 Å². The molecule has 0 aromatic heterocycles. The number of sulfone groups is 1. The second kappa shape index (κ2) is 7.41. The first-order valence-corrected chi connectivity index (χ1v) is 14.1. The van der Waals surface area contributed by atoms with Crippen molar-refractivity contribution in [1.29, 1.82) is 0 Å². The number of fused-ring (bicyclic) bond motifs is 5. The molecular formula is C22H22ClF2NO4S2. The summed E-state index contributed by atoms with van der Waals surface area (Å²) >= 11 is 5.96. The molecule has 2 aromatic carbocycles. The van der Waals surface area contributed by atoms with Crippen LogP contribution in [0.3, 0.4) is 0 Å². The highest BCUT2D eigenvalue weighted by molar-refractivity contribution is 7.98. The molecule has 5 atom stereocenters. The highest BCUT2D eigenvalue weighted by Crippen LogP contribution is 2.59. The number of ether oxygens (including phenoxy) is 1. The molecule has 1 aliphatic carbocycles. The summed E-state index contributed by atoms with van der Waals surface area (Å²) in [6.45, 7) is -0.0820. The molecule has 1 saturated heterocycles. The Morgan fingerprint density at radius 1 is 1.12 bits per heavy atom. The van der Waals surface area contributed by atoms with Crippen molar-refractivity contribution in [3.8, 4) is 5.75 Å². The van der Waals surface area contributed by atoms with Gasteiger partial charge in [0.2, 0.25) is 0 Å². The second-order valence-corrected chi connectivity index (χ2v) is 13.6. The highest BCUT2D eigenvalue weighted by atomic mass is 35.5. The third-order valence-corrected chi connectivity index (χ3v) is 11.5. The maximum Gasteiger partial charge on any atom is 0.188 e. The first-order valence-electron chi connectivity index (χ1n) is 10.3. The molecule has 0 amide bonds. The number of hydrogen-bond acceptors (Lipinski definition) is 4. The van der Waals surface area contributed by atoms with Crippen LogP contribution in [0.25, 0.3) is 0 Å². The van der Waals surface area contributed by atoms with Gasteiger partial charge < -0.3 is 4.74 Å². The van der Waals surface area contributed by atoms with Gasteiger partial charge in [-0.1, -0.05) is 11.6 Å². The van der Waals surface area contributed by atoms with E-state index in [1.165, 1.54) is 24.3 Å². The van der Waals surface area contributed by atoms with Crippen molar-refractivity contribution >= 4 is 37.0 Å². The molecule has 0 radical (unpaired) electrons. The van der Waals surface area contributed by atoms with Gasteiger partial charge in [0.05, 0.1) is 17.1 Å². The summed E-state index contributed by atoms with van der Waals surface area (Å²) in [7, 11) is -6.66. The Bertz CT molecular complexity index is 1300. The Hall–Kier alpha value is -1.68. The molecule has 5 nitrogen and oxygen atoms in total. The summed E-state index contributed by atoms with van der Waals surface area (Å²) in [5.74, 6) is 1.17. The van der Waals surface area contributed by atoms with Crippen LogP contribution < -0.4 is 9.46 Å². The van der Waals surface area contributed by atoms with Gasteiger partial charge in [-0.25, -0.2) is 21.9 Å². The summed E-state index contributed by atoms with van der Waals surface area (Å²) in [6.07, 6.45) is 0.817. The minimum Gasteiger partial charge on any atom is -0.490 e. The van der Waals surface area contributed by atoms with E-state index in [1.54, 1.807) is 0 Å². The normalized spacial score (nSPS) is 34.0. The van der Waals surface area contributed by atoms with Gasteiger partial charge in [-0.3, -0.25) is 4.21 Å². The average Bonchev–Trinajstić information content (AvgIpc) is 2.75. The zero-order valence-corrected chi connectivity index (χ0v) is 19.4. The van der Waals surface area contributed by atoms with Gasteiger partial charge in [0.1, 0.15) is 10.6 Å². The van der Waals surface area contributed by atoms with E-state index < -0.39 is 41.8 Å². The van der Waals surface area contributed by atoms with Crippen LogP contribution in [0.5, 0.6) is 5.75 Å². The number of hydrogen-bond donors (Lipinski definition) is 1. The average molecular weight is 502 g/mol. The van der Waals surface area contributed by atoms with Crippen molar-refractivity contribution in [3.05, 3.63) is 58.6 Å². The first-order chi connectivity index (χ1) is 15.1.